The van der Waals surface area contributed by atoms with E-state index < -0.39 is 11.9 Å². The van der Waals surface area contributed by atoms with E-state index >= 15 is 0 Å². The molecular formula is C24H30N4O3. The third kappa shape index (κ3) is 4.87. The molecule has 2 heterocycles. The van der Waals surface area contributed by atoms with Gasteiger partial charge in [0.15, 0.2) is 0 Å². The van der Waals surface area contributed by atoms with Gasteiger partial charge in [0, 0.05) is 41.8 Å². The number of benzene rings is 1. The monoisotopic (exact) mass is 422 g/mol. The number of H-pyrrole nitrogens is 1. The highest BCUT2D eigenvalue weighted by Gasteiger charge is 2.24. The van der Waals surface area contributed by atoms with E-state index in [0.717, 1.165) is 66.9 Å². The largest absolute Gasteiger partial charge is 0.465 e. The molecule has 0 bridgehead atoms. The normalized spacial score (nSPS) is 10.9. The Morgan fingerprint density at radius 2 is 1.90 bits per heavy atom. The minimum Gasteiger partial charge on any atom is -0.465 e. The molecule has 0 aliphatic rings. The average molecular weight is 423 g/mol. The number of aryl methyl sites for hydroxylation is 1. The summed E-state index contributed by atoms with van der Waals surface area (Å²) in [6, 6.07) is 7.16. The van der Waals surface area contributed by atoms with E-state index in [2.05, 4.69) is 21.5 Å². The van der Waals surface area contributed by atoms with Crippen molar-refractivity contribution in [3.8, 4) is 11.1 Å². The molecule has 0 aliphatic carbocycles. The summed E-state index contributed by atoms with van der Waals surface area (Å²) in [7, 11) is 1.36. The van der Waals surface area contributed by atoms with Crippen molar-refractivity contribution in [2.24, 2.45) is 5.73 Å². The molecule has 3 aromatic rings. The lowest BCUT2D eigenvalue weighted by molar-refractivity contribution is 0.0600. The van der Waals surface area contributed by atoms with Crippen LogP contribution in [0, 0.1) is 6.92 Å². The van der Waals surface area contributed by atoms with E-state index in [9.17, 15) is 9.59 Å². The first-order valence-electron chi connectivity index (χ1n) is 10.7. The number of rotatable bonds is 10. The molecule has 0 fully saturated rings. The molecule has 0 radical (unpaired) electrons. The van der Waals surface area contributed by atoms with Crippen LogP contribution in [-0.4, -0.2) is 33.5 Å². The number of nitrogens with two attached hydrogens (primary N) is 1. The van der Waals surface area contributed by atoms with Gasteiger partial charge in [0.1, 0.15) is 0 Å². The Morgan fingerprint density at radius 1 is 1.16 bits per heavy atom. The Labute approximate surface area is 182 Å². The van der Waals surface area contributed by atoms with Crippen LogP contribution < -0.4 is 5.73 Å². The van der Waals surface area contributed by atoms with Crippen molar-refractivity contribution in [3.63, 3.8) is 0 Å². The number of aromatic nitrogens is 3. The second-order valence-corrected chi connectivity index (χ2v) is 7.65. The average Bonchev–Trinajstić information content (AvgIpc) is 3.38. The molecule has 164 valence electrons. The number of carbonyl (C=O) groups excluding carboxylic acids is 2. The lowest BCUT2D eigenvalue weighted by Gasteiger charge is -2.13. The molecule has 7 nitrogen and oxygen atoms in total. The Balaban J connectivity index is 2.08. The van der Waals surface area contributed by atoms with Crippen LogP contribution in [0.15, 0.2) is 36.8 Å². The smallest absolute Gasteiger partial charge is 0.337 e. The highest BCUT2D eigenvalue weighted by molar-refractivity contribution is 6.02. The number of primary amides is 1. The summed E-state index contributed by atoms with van der Waals surface area (Å²) in [6.45, 7) is 4.84. The molecule has 0 saturated carbocycles. The topological polar surface area (TPSA) is 103 Å². The van der Waals surface area contributed by atoms with Gasteiger partial charge in [-0.2, -0.15) is 0 Å². The number of hydrogen-bond acceptors (Lipinski definition) is 4. The zero-order valence-corrected chi connectivity index (χ0v) is 18.4. The Bertz CT molecular complexity index is 1030. The molecule has 2 aromatic heterocycles. The van der Waals surface area contributed by atoms with Crippen LogP contribution in [0.25, 0.3) is 11.1 Å². The van der Waals surface area contributed by atoms with Crippen LogP contribution in [0.1, 0.15) is 64.0 Å². The van der Waals surface area contributed by atoms with Crippen molar-refractivity contribution in [1.29, 1.82) is 0 Å². The van der Waals surface area contributed by atoms with Gasteiger partial charge < -0.3 is 20.0 Å². The number of unbranched alkanes of at least 4 members (excludes halogenated alkanes) is 2. The van der Waals surface area contributed by atoms with Gasteiger partial charge in [-0.1, -0.05) is 31.9 Å². The number of nitrogens with zero attached hydrogens (tertiary/aromatic N) is 2. The molecule has 0 saturated heterocycles. The quantitative estimate of drug-likeness (QED) is 0.380. The molecule has 0 aliphatic heterocycles. The van der Waals surface area contributed by atoms with Gasteiger partial charge in [-0.25, -0.2) is 9.78 Å². The number of methoxy groups -OCH3 is 1. The molecule has 0 atom stereocenters. The molecule has 31 heavy (non-hydrogen) atoms. The second kappa shape index (κ2) is 10.1. The van der Waals surface area contributed by atoms with Crippen LogP contribution in [-0.2, 0) is 24.1 Å². The van der Waals surface area contributed by atoms with Gasteiger partial charge in [0.2, 0.25) is 0 Å². The van der Waals surface area contributed by atoms with Crippen LogP contribution in [0.2, 0.25) is 0 Å². The summed E-state index contributed by atoms with van der Waals surface area (Å²) >= 11 is 0. The third-order valence-electron chi connectivity index (χ3n) is 5.65. The Hall–Kier alpha value is -3.35. The zero-order valence-electron chi connectivity index (χ0n) is 18.4. The standard InChI is InChI=1S/C24H30N4O3/c1-4-5-6-7-20-22(17-8-10-18(11-9-17)24(30)31-3)21(23(25)29)16(2)28(20)13-12-19-14-26-15-27-19/h8-11,14-15H,4-7,12-13H2,1-3H3,(H2,25,29)(H,26,27). The van der Waals surface area contributed by atoms with Crippen molar-refractivity contribution >= 4 is 11.9 Å². The maximum atomic E-state index is 12.5. The number of nitrogens with one attached hydrogen (secondary N) is 1. The lowest BCUT2D eigenvalue weighted by Crippen LogP contribution is -2.14. The fraction of sp³-hybridized carbons (Fsp3) is 0.375. The fourth-order valence-corrected chi connectivity index (χ4v) is 4.06. The van der Waals surface area contributed by atoms with Gasteiger partial charge in [-0.05, 0) is 37.5 Å². The molecule has 3 N–H and O–H groups in total. The zero-order chi connectivity index (χ0) is 22.4. The SMILES string of the molecule is CCCCCc1c(-c2ccc(C(=O)OC)cc2)c(C(N)=O)c(C)n1CCc1cnc[nH]1. The minimum absolute atomic E-state index is 0.391. The van der Waals surface area contributed by atoms with Gasteiger partial charge in [-0.15, -0.1) is 0 Å². The Kier molecular flexibility index (Phi) is 7.28. The van der Waals surface area contributed by atoms with E-state index in [0.29, 0.717) is 11.1 Å². The lowest BCUT2D eigenvalue weighted by atomic mass is 9.96. The van der Waals surface area contributed by atoms with Crippen LogP contribution in [0.3, 0.4) is 0 Å². The van der Waals surface area contributed by atoms with Crippen LogP contribution >= 0.6 is 0 Å². The van der Waals surface area contributed by atoms with E-state index in [1.807, 2.05) is 25.3 Å². The molecule has 0 spiro atoms. The highest BCUT2D eigenvalue weighted by atomic mass is 16.5. The van der Waals surface area contributed by atoms with Gasteiger partial charge in [0.05, 0.1) is 24.6 Å². The van der Waals surface area contributed by atoms with Crippen molar-refractivity contribution in [1.82, 2.24) is 14.5 Å². The molecule has 7 heteroatoms. The van der Waals surface area contributed by atoms with Gasteiger partial charge >= 0.3 is 5.97 Å². The second-order valence-electron chi connectivity index (χ2n) is 7.65. The van der Waals surface area contributed by atoms with Crippen LogP contribution in [0.5, 0.6) is 0 Å². The minimum atomic E-state index is -0.443. The Morgan fingerprint density at radius 3 is 2.48 bits per heavy atom. The maximum Gasteiger partial charge on any atom is 0.337 e. The number of carbonyl (C=O) groups is 2. The third-order valence-corrected chi connectivity index (χ3v) is 5.65. The fourth-order valence-electron chi connectivity index (χ4n) is 4.06. The molecule has 0 unspecified atom stereocenters. The van der Waals surface area contributed by atoms with Gasteiger partial charge in [0.25, 0.3) is 5.91 Å². The summed E-state index contributed by atoms with van der Waals surface area (Å²) in [5.41, 5.74) is 11.6. The van der Waals surface area contributed by atoms with E-state index in [4.69, 9.17) is 10.5 Å². The number of amides is 1. The summed E-state index contributed by atoms with van der Waals surface area (Å²) in [4.78, 5) is 31.5. The number of hydrogen-bond donors (Lipinski definition) is 2. The number of esters is 1. The summed E-state index contributed by atoms with van der Waals surface area (Å²) in [5.74, 6) is -0.834. The molecule has 1 amide bonds. The van der Waals surface area contributed by atoms with Crippen molar-refractivity contribution in [3.05, 3.63) is 65.0 Å². The first-order chi connectivity index (χ1) is 15.0. The first-order valence-corrected chi connectivity index (χ1v) is 10.7. The molecule has 3 rings (SSSR count). The number of aromatic amines is 1. The van der Waals surface area contributed by atoms with E-state index in [1.54, 1.807) is 18.5 Å². The van der Waals surface area contributed by atoms with Crippen molar-refractivity contribution in [2.75, 3.05) is 7.11 Å². The summed E-state index contributed by atoms with van der Waals surface area (Å²) in [6.07, 6.45) is 8.35. The summed E-state index contributed by atoms with van der Waals surface area (Å²) in [5, 5.41) is 0. The number of imidazole rings is 1. The van der Waals surface area contributed by atoms with Crippen molar-refractivity contribution < 1.29 is 14.3 Å². The molecular weight excluding hydrogens is 392 g/mol. The van der Waals surface area contributed by atoms with E-state index in [-0.39, 0.29) is 0 Å². The van der Waals surface area contributed by atoms with Gasteiger partial charge in [-0.3, -0.25) is 4.79 Å². The highest BCUT2D eigenvalue weighted by Crippen LogP contribution is 2.34. The maximum absolute atomic E-state index is 12.5. The van der Waals surface area contributed by atoms with Crippen molar-refractivity contribution in [2.45, 2.75) is 52.5 Å². The first kappa shape index (κ1) is 22.3. The molecule has 1 aromatic carbocycles. The number of ether oxygens (including phenoxy) is 1. The van der Waals surface area contributed by atoms with Crippen LogP contribution in [0.4, 0.5) is 0 Å². The van der Waals surface area contributed by atoms with E-state index in [1.165, 1.54) is 7.11 Å². The predicted molar refractivity (Wildman–Crippen MR) is 120 cm³/mol. The summed E-state index contributed by atoms with van der Waals surface area (Å²) < 4.78 is 7.01. The predicted octanol–water partition coefficient (Wildman–Crippen LogP) is 4.05.